The summed E-state index contributed by atoms with van der Waals surface area (Å²) >= 11 is 5.85. The number of hydrogen-bond donors (Lipinski definition) is 6. The van der Waals surface area contributed by atoms with Crippen molar-refractivity contribution < 1.29 is 28.7 Å². The van der Waals surface area contributed by atoms with E-state index in [0.717, 1.165) is 44.8 Å². The lowest BCUT2D eigenvalue weighted by molar-refractivity contribution is -0.129. The number of likely N-dealkylation sites (N-methyl/N-ethyl adjacent to an activating group) is 2. The van der Waals surface area contributed by atoms with Crippen molar-refractivity contribution in [3.63, 3.8) is 0 Å². The number of nitrogens with two attached hydrogens (primary N) is 1. The second kappa shape index (κ2) is 25.9. The van der Waals surface area contributed by atoms with Crippen LogP contribution in [0.2, 0.25) is 5.28 Å². The molecule has 2 aromatic carbocycles. The Hall–Kier alpha value is -7.69. The minimum atomic E-state index is -0.837. The maximum absolute atomic E-state index is 12.4. The quantitative estimate of drug-likeness (QED) is 0.0561. The van der Waals surface area contributed by atoms with E-state index in [1.165, 1.54) is 6.20 Å². The number of carbonyl (C=O) groups excluding carboxylic acids is 4. The number of ether oxygens (including phenoxy) is 2. The van der Waals surface area contributed by atoms with Crippen molar-refractivity contribution in [2.45, 2.75) is 118 Å². The number of benzene rings is 2. The summed E-state index contributed by atoms with van der Waals surface area (Å²) in [6, 6.07) is 15.6. The zero-order valence-electron chi connectivity index (χ0n) is 46.0. The summed E-state index contributed by atoms with van der Waals surface area (Å²) in [6.45, 7) is 22.7. The molecule has 2 fully saturated rings. The summed E-state index contributed by atoms with van der Waals surface area (Å²) in [7, 11) is 3.19. The lowest BCUT2D eigenvalue weighted by Crippen LogP contribution is -2.58. The van der Waals surface area contributed by atoms with Crippen LogP contribution < -0.4 is 32.3 Å². The van der Waals surface area contributed by atoms with Gasteiger partial charge in [-0.3, -0.25) is 19.0 Å². The Bertz CT molecular complexity index is 2980. The fraction of sp³-hybridized carbons (Fsp3) is 0.444. The third kappa shape index (κ3) is 15.7. The molecule has 2 aliphatic heterocycles. The number of nitrogen functional groups attached to an aromatic ring is 1. The number of anilines is 3. The van der Waals surface area contributed by atoms with Crippen LogP contribution in [0.3, 0.4) is 0 Å². The average molecular weight is 1080 g/mol. The number of carbonyl (C=O) groups is 4. The summed E-state index contributed by atoms with van der Waals surface area (Å²) in [5, 5.41) is 22.9. The highest BCUT2D eigenvalue weighted by Gasteiger charge is 2.34. The first-order valence-electron chi connectivity index (χ1n) is 25.4. The number of likely N-dealkylation sites (tertiary alicyclic amines) is 2. The first kappa shape index (κ1) is 58.6. The van der Waals surface area contributed by atoms with Gasteiger partial charge in [-0.15, -0.1) is 0 Å². The van der Waals surface area contributed by atoms with Crippen molar-refractivity contribution >= 4 is 52.8 Å². The van der Waals surface area contributed by atoms with Crippen molar-refractivity contribution in [3.05, 3.63) is 113 Å². The molecule has 0 radical (unpaired) electrons. The first-order chi connectivity index (χ1) is 36.5. The van der Waals surface area contributed by atoms with Crippen LogP contribution in [0.15, 0.2) is 85.7 Å². The monoisotopic (exact) mass is 1080 g/mol. The van der Waals surface area contributed by atoms with Crippen molar-refractivity contribution in [3.8, 4) is 22.5 Å². The van der Waals surface area contributed by atoms with Crippen LogP contribution in [0, 0.1) is 13.8 Å². The first-order valence-corrected chi connectivity index (χ1v) is 25.8. The maximum Gasteiger partial charge on any atom is 0.317 e. The lowest BCUT2D eigenvalue weighted by Gasteiger charge is -2.39. The highest BCUT2D eigenvalue weighted by molar-refractivity contribution is 6.28. The van der Waals surface area contributed by atoms with Crippen LogP contribution in [0.4, 0.5) is 26.9 Å². The Kier molecular flexibility index (Phi) is 19.7. The Morgan fingerprint density at radius 1 is 0.675 bits per heavy atom. The van der Waals surface area contributed by atoms with Gasteiger partial charge in [-0.2, -0.15) is 10.2 Å². The molecule has 2 saturated heterocycles. The Labute approximate surface area is 455 Å². The predicted molar refractivity (Wildman–Crippen MR) is 296 cm³/mol. The molecule has 22 nitrogen and oxygen atoms in total. The van der Waals surface area contributed by atoms with E-state index < -0.39 is 11.1 Å². The van der Waals surface area contributed by atoms with E-state index in [4.69, 9.17) is 26.8 Å². The normalized spacial score (nSPS) is 13.6. The highest BCUT2D eigenvalue weighted by atomic mass is 35.5. The SMILES string of the molecule is CNC(=O)C(C)(C)n1cc(N)cn1.CNC(=O)C(C)(C)n1cc(Nc2nccc(-c3ccc(CNC(=O)N4CC(OC(C)C)C4)c(C)c3)n2)cn1.Cc1cc(-c2ccnc(Cl)n2)ccc1CNC(=O)N1CC(OC(C)C)C1. The minimum Gasteiger partial charge on any atom is -0.396 e. The lowest BCUT2D eigenvalue weighted by atomic mass is 10.0. The number of amides is 6. The zero-order valence-corrected chi connectivity index (χ0v) is 46.8. The molecule has 0 spiro atoms. The van der Waals surface area contributed by atoms with Crippen LogP contribution in [-0.2, 0) is 43.2 Å². The van der Waals surface area contributed by atoms with Gasteiger partial charge in [-0.25, -0.2) is 29.5 Å². The van der Waals surface area contributed by atoms with E-state index in [2.05, 4.69) is 56.7 Å². The number of nitrogens with one attached hydrogen (secondary N) is 5. The molecule has 7 N–H and O–H groups in total. The molecular formula is C54H73ClN16O6. The van der Waals surface area contributed by atoms with Gasteiger partial charge >= 0.3 is 12.1 Å². The smallest absolute Gasteiger partial charge is 0.317 e. The number of halogens is 1. The van der Waals surface area contributed by atoms with Crippen LogP contribution in [0.25, 0.3) is 22.5 Å². The summed E-state index contributed by atoms with van der Waals surface area (Å²) in [5.41, 5.74) is 12.9. The van der Waals surface area contributed by atoms with Gasteiger partial charge in [0.2, 0.25) is 23.0 Å². The fourth-order valence-electron chi connectivity index (χ4n) is 8.18. The molecule has 412 valence electrons. The topological polar surface area (TPSA) is 267 Å². The molecule has 77 heavy (non-hydrogen) atoms. The van der Waals surface area contributed by atoms with E-state index in [9.17, 15) is 19.2 Å². The molecule has 0 bridgehead atoms. The number of urea groups is 2. The number of nitrogens with zero attached hydrogens (tertiary/aromatic N) is 10. The van der Waals surface area contributed by atoms with Gasteiger partial charge in [0.05, 0.1) is 85.8 Å². The molecule has 2 aliphatic rings. The zero-order chi connectivity index (χ0) is 56.2. The van der Waals surface area contributed by atoms with Gasteiger partial charge in [0, 0.05) is 63.1 Å². The van der Waals surface area contributed by atoms with Gasteiger partial charge in [0.25, 0.3) is 0 Å². The molecule has 6 heterocycles. The Morgan fingerprint density at radius 2 is 1.13 bits per heavy atom. The second-order valence-corrected chi connectivity index (χ2v) is 20.6. The second-order valence-electron chi connectivity index (χ2n) is 20.3. The summed E-state index contributed by atoms with van der Waals surface area (Å²) in [5.74, 6) is 0.174. The van der Waals surface area contributed by atoms with Crippen LogP contribution in [0.5, 0.6) is 0 Å². The standard InChI is InChI=1S/C27H36N8O3.C19H23ClN4O2.C8H14N4O/c1-17(2)38-22-15-34(16-22)26(37)30-12-20-8-7-19(11-18(20)3)23-9-10-29-25(33-23)32-21-13-31-35(14-21)27(4,5)24(36)28-6;1-12(2)26-16-10-24(11-16)19(25)22-9-15-5-4-14(8-13(15)3)17-6-7-21-18(20)23-17;1-8(2,7(13)10-3)12-5-6(9)4-11-12/h7-11,13-14,17,22H,12,15-16H2,1-6H3,(H,28,36)(H,30,37)(H,29,32,33);4-8,12,16H,9-11H2,1-3H3,(H,22,25);4-5H,9H2,1-3H3,(H,10,13). The van der Waals surface area contributed by atoms with Crippen LogP contribution in [-0.4, -0.2) is 138 Å². The van der Waals surface area contributed by atoms with Gasteiger partial charge < -0.3 is 51.6 Å². The Balaban J connectivity index is 0.000000211. The summed E-state index contributed by atoms with van der Waals surface area (Å²) < 4.78 is 14.5. The third-order valence-corrected chi connectivity index (χ3v) is 13.0. The van der Waals surface area contributed by atoms with Gasteiger partial charge in [0.15, 0.2) is 0 Å². The van der Waals surface area contributed by atoms with E-state index >= 15 is 0 Å². The average Bonchev–Trinajstić information content (AvgIpc) is 4.05. The van der Waals surface area contributed by atoms with E-state index in [-0.39, 0.29) is 53.6 Å². The molecule has 8 rings (SSSR count). The number of rotatable bonds is 16. The fourth-order valence-corrected chi connectivity index (χ4v) is 8.33. The number of aryl methyl sites for hydroxylation is 2. The van der Waals surface area contributed by atoms with Crippen LogP contribution >= 0.6 is 11.6 Å². The molecule has 6 aromatic rings. The molecule has 23 heteroatoms. The summed E-state index contributed by atoms with van der Waals surface area (Å²) in [4.78, 5) is 68.8. The Morgan fingerprint density at radius 3 is 1.56 bits per heavy atom. The predicted octanol–water partition coefficient (Wildman–Crippen LogP) is 6.56. The molecule has 0 saturated carbocycles. The molecule has 6 amide bonds. The third-order valence-electron chi connectivity index (χ3n) is 12.8. The summed E-state index contributed by atoms with van der Waals surface area (Å²) in [6.07, 6.45) is 10.5. The minimum absolute atomic E-state index is 0.0559. The van der Waals surface area contributed by atoms with E-state index in [1.54, 1.807) is 91.9 Å². The molecular weight excluding hydrogens is 1000 g/mol. The van der Waals surface area contributed by atoms with E-state index in [0.29, 0.717) is 56.6 Å². The van der Waals surface area contributed by atoms with E-state index in [1.807, 2.05) is 90.1 Å². The van der Waals surface area contributed by atoms with Crippen molar-refractivity contribution in [1.29, 1.82) is 0 Å². The van der Waals surface area contributed by atoms with Crippen LogP contribution in [0.1, 0.15) is 77.6 Å². The molecule has 4 aromatic heterocycles. The molecule has 0 aliphatic carbocycles. The van der Waals surface area contributed by atoms with Gasteiger partial charge in [-0.1, -0.05) is 24.3 Å². The molecule has 0 unspecified atom stereocenters. The van der Waals surface area contributed by atoms with Gasteiger partial charge in [0.1, 0.15) is 11.1 Å². The number of hydrogen-bond acceptors (Lipinski definition) is 14. The maximum atomic E-state index is 12.4. The van der Waals surface area contributed by atoms with Gasteiger partial charge in [-0.05, 0) is 127 Å². The van der Waals surface area contributed by atoms with Crippen molar-refractivity contribution in [2.75, 3.05) is 51.3 Å². The molecule has 0 atom stereocenters. The largest absolute Gasteiger partial charge is 0.396 e. The van der Waals surface area contributed by atoms with Crippen molar-refractivity contribution in [2.24, 2.45) is 0 Å². The highest BCUT2D eigenvalue weighted by Crippen LogP contribution is 2.26. The van der Waals surface area contributed by atoms with Crippen molar-refractivity contribution in [1.82, 2.24) is 70.6 Å². The number of aromatic nitrogens is 8.